The third-order valence-corrected chi connectivity index (χ3v) is 6.31. The van der Waals surface area contributed by atoms with Gasteiger partial charge in [-0.1, -0.05) is 12.1 Å². The van der Waals surface area contributed by atoms with Gasteiger partial charge in [0.25, 0.3) is 5.91 Å². The Morgan fingerprint density at radius 1 is 1.00 bits per heavy atom. The summed E-state index contributed by atoms with van der Waals surface area (Å²) >= 11 is 1.62. The number of rotatable bonds is 6. The molecule has 0 bridgehead atoms. The van der Waals surface area contributed by atoms with Gasteiger partial charge in [-0.3, -0.25) is 4.79 Å². The fourth-order valence-electron chi connectivity index (χ4n) is 3.52. The standard InChI is InChI=1S/C25H19FN6OS/c26-16-3-1-4-17(12-16)32-25(33)19-5-2-10-28-24(19)29-13-18-7-9-22(34-18)15-6-8-21-20(11-15)23(27)31-14-30-21/h1-12,14H,13H2,(H,28,29)(H,32,33)(H2,27,30,31). The van der Waals surface area contributed by atoms with Crippen LogP contribution in [0.4, 0.5) is 21.7 Å². The average Bonchev–Trinajstić information content (AvgIpc) is 3.32. The van der Waals surface area contributed by atoms with Gasteiger partial charge in [-0.2, -0.15) is 0 Å². The second-order valence-corrected chi connectivity index (χ2v) is 8.64. The van der Waals surface area contributed by atoms with Crippen molar-refractivity contribution in [2.75, 3.05) is 16.4 Å². The lowest BCUT2D eigenvalue weighted by atomic mass is 10.1. The van der Waals surface area contributed by atoms with Crippen molar-refractivity contribution in [2.24, 2.45) is 0 Å². The SMILES string of the molecule is Nc1ncnc2ccc(-c3ccc(CNc4ncccc4C(=O)Nc4cccc(F)c4)s3)cc12. The average molecular weight is 471 g/mol. The third-order valence-electron chi connectivity index (χ3n) is 5.18. The number of fused-ring (bicyclic) bond motifs is 1. The highest BCUT2D eigenvalue weighted by Gasteiger charge is 2.13. The summed E-state index contributed by atoms with van der Waals surface area (Å²) in [7, 11) is 0. The molecule has 3 aromatic heterocycles. The van der Waals surface area contributed by atoms with Crippen LogP contribution in [0.5, 0.6) is 0 Å². The number of nitrogen functional groups attached to an aromatic ring is 1. The van der Waals surface area contributed by atoms with Crippen molar-refractivity contribution in [1.82, 2.24) is 15.0 Å². The molecule has 0 spiro atoms. The second-order valence-electron chi connectivity index (χ2n) is 7.47. The zero-order chi connectivity index (χ0) is 23.5. The molecule has 0 aliphatic heterocycles. The summed E-state index contributed by atoms with van der Waals surface area (Å²) in [5.41, 5.74) is 8.57. The van der Waals surface area contributed by atoms with Gasteiger partial charge in [-0.15, -0.1) is 11.3 Å². The Kier molecular flexibility index (Phi) is 5.84. The van der Waals surface area contributed by atoms with Crippen LogP contribution < -0.4 is 16.4 Å². The first-order valence-corrected chi connectivity index (χ1v) is 11.2. The third kappa shape index (κ3) is 4.55. The molecule has 0 aliphatic carbocycles. The number of carbonyl (C=O) groups excluding carboxylic acids is 1. The fourth-order valence-corrected chi connectivity index (χ4v) is 4.47. The number of hydrogen-bond acceptors (Lipinski definition) is 7. The van der Waals surface area contributed by atoms with Crippen LogP contribution in [0, 0.1) is 5.82 Å². The van der Waals surface area contributed by atoms with Crippen molar-refractivity contribution >= 4 is 45.5 Å². The minimum atomic E-state index is -0.419. The lowest BCUT2D eigenvalue weighted by Gasteiger charge is -2.11. The van der Waals surface area contributed by atoms with E-state index >= 15 is 0 Å². The number of nitrogens with one attached hydrogen (secondary N) is 2. The monoisotopic (exact) mass is 470 g/mol. The molecule has 5 rings (SSSR count). The lowest BCUT2D eigenvalue weighted by molar-refractivity contribution is 0.102. The molecule has 3 heterocycles. The Bertz CT molecular complexity index is 1500. The van der Waals surface area contributed by atoms with E-state index in [1.807, 2.05) is 30.3 Å². The smallest absolute Gasteiger partial charge is 0.259 e. The van der Waals surface area contributed by atoms with Gasteiger partial charge < -0.3 is 16.4 Å². The number of carbonyl (C=O) groups is 1. The molecule has 0 aliphatic rings. The van der Waals surface area contributed by atoms with Crippen molar-refractivity contribution in [3.8, 4) is 10.4 Å². The number of nitrogens with zero attached hydrogens (tertiary/aromatic N) is 3. The molecule has 0 unspecified atom stereocenters. The Morgan fingerprint density at radius 2 is 1.91 bits per heavy atom. The molecule has 4 N–H and O–H groups in total. The number of nitrogens with two attached hydrogens (primary N) is 1. The quantitative estimate of drug-likeness (QED) is 0.309. The zero-order valence-corrected chi connectivity index (χ0v) is 18.6. The normalized spacial score (nSPS) is 10.9. The number of halogens is 1. The maximum absolute atomic E-state index is 13.4. The van der Waals surface area contributed by atoms with E-state index in [-0.39, 0.29) is 5.91 Å². The lowest BCUT2D eigenvalue weighted by Crippen LogP contribution is -2.15. The summed E-state index contributed by atoms with van der Waals surface area (Å²) in [4.78, 5) is 27.5. The molecule has 0 radical (unpaired) electrons. The van der Waals surface area contributed by atoms with Crippen molar-refractivity contribution < 1.29 is 9.18 Å². The number of thiophene rings is 1. The predicted molar refractivity (Wildman–Crippen MR) is 133 cm³/mol. The van der Waals surface area contributed by atoms with Crippen molar-refractivity contribution in [3.63, 3.8) is 0 Å². The molecule has 0 atom stereocenters. The van der Waals surface area contributed by atoms with Crippen LogP contribution in [-0.4, -0.2) is 20.9 Å². The molecule has 34 heavy (non-hydrogen) atoms. The number of pyridine rings is 1. The van der Waals surface area contributed by atoms with E-state index in [9.17, 15) is 9.18 Å². The van der Waals surface area contributed by atoms with E-state index in [0.29, 0.717) is 29.4 Å². The van der Waals surface area contributed by atoms with Gasteiger partial charge >= 0.3 is 0 Å². The first-order chi connectivity index (χ1) is 16.6. The maximum Gasteiger partial charge on any atom is 0.259 e. The Balaban J connectivity index is 1.31. The zero-order valence-electron chi connectivity index (χ0n) is 17.8. The molecule has 0 fully saturated rings. The number of aromatic nitrogens is 3. The molecular weight excluding hydrogens is 451 g/mol. The molecule has 168 valence electrons. The van der Waals surface area contributed by atoms with Gasteiger partial charge in [0, 0.05) is 27.0 Å². The fraction of sp³-hybridized carbons (Fsp3) is 0.0400. The minimum absolute atomic E-state index is 0.369. The predicted octanol–water partition coefficient (Wildman–Crippen LogP) is 5.34. The van der Waals surface area contributed by atoms with E-state index in [4.69, 9.17) is 5.73 Å². The highest BCUT2D eigenvalue weighted by atomic mass is 32.1. The van der Waals surface area contributed by atoms with Gasteiger partial charge in [0.2, 0.25) is 0 Å². The molecular formula is C25H19FN6OS. The largest absolute Gasteiger partial charge is 0.383 e. The summed E-state index contributed by atoms with van der Waals surface area (Å²) in [6.07, 6.45) is 3.07. The molecule has 1 amide bonds. The van der Waals surface area contributed by atoms with Gasteiger partial charge in [-0.25, -0.2) is 19.3 Å². The van der Waals surface area contributed by atoms with E-state index in [0.717, 1.165) is 26.2 Å². The molecule has 9 heteroatoms. The van der Waals surface area contributed by atoms with E-state index in [1.54, 1.807) is 41.8 Å². The van der Waals surface area contributed by atoms with Crippen LogP contribution in [0.25, 0.3) is 21.3 Å². The Labute approximate surface area is 198 Å². The molecule has 0 saturated heterocycles. The van der Waals surface area contributed by atoms with Crippen molar-refractivity contribution in [3.05, 3.63) is 95.5 Å². The number of amides is 1. The highest BCUT2D eigenvalue weighted by molar-refractivity contribution is 7.15. The van der Waals surface area contributed by atoms with Gasteiger partial charge in [0.15, 0.2) is 0 Å². The molecule has 5 aromatic rings. The topological polar surface area (TPSA) is 106 Å². The summed E-state index contributed by atoms with van der Waals surface area (Å²) < 4.78 is 13.4. The van der Waals surface area contributed by atoms with Gasteiger partial charge in [0.1, 0.15) is 23.8 Å². The maximum atomic E-state index is 13.4. The van der Waals surface area contributed by atoms with Crippen molar-refractivity contribution in [1.29, 1.82) is 0 Å². The van der Waals surface area contributed by atoms with E-state index in [1.165, 1.54) is 18.5 Å². The van der Waals surface area contributed by atoms with Gasteiger partial charge in [-0.05, 0) is 60.2 Å². The van der Waals surface area contributed by atoms with Crippen LogP contribution in [0.15, 0.2) is 79.3 Å². The minimum Gasteiger partial charge on any atom is -0.383 e. The van der Waals surface area contributed by atoms with Crippen LogP contribution >= 0.6 is 11.3 Å². The van der Waals surface area contributed by atoms with Crippen molar-refractivity contribution in [2.45, 2.75) is 6.54 Å². The summed E-state index contributed by atoms with van der Waals surface area (Å²) in [6.45, 7) is 0.487. The summed E-state index contributed by atoms with van der Waals surface area (Å²) in [6, 6.07) is 19.1. The highest BCUT2D eigenvalue weighted by Crippen LogP contribution is 2.31. The van der Waals surface area contributed by atoms with Crippen LogP contribution in [-0.2, 0) is 6.54 Å². The molecule has 0 saturated carbocycles. The van der Waals surface area contributed by atoms with Crippen LogP contribution in [0.3, 0.4) is 0 Å². The molecule has 2 aromatic carbocycles. The van der Waals surface area contributed by atoms with Crippen LogP contribution in [0.1, 0.15) is 15.2 Å². The second kappa shape index (κ2) is 9.24. The summed E-state index contributed by atoms with van der Waals surface area (Å²) in [5, 5.41) is 6.76. The first kappa shape index (κ1) is 21.5. The first-order valence-electron chi connectivity index (χ1n) is 10.4. The number of anilines is 3. The Morgan fingerprint density at radius 3 is 2.79 bits per heavy atom. The van der Waals surface area contributed by atoms with E-state index < -0.39 is 5.82 Å². The summed E-state index contributed by atoms with van der Waals surface area (Å²) in [5.74, 6) is 0.105. The molecule has 7 nitrogen and oxygen atoms in total. The van der Waals surface area contributed by atoms with Crippen LogP contribution in [0.2, 0.25) is 0 Å². The van der Waals surface area contributed by atoms with E-state index in [2.05, 4.69) is 25.6 Å². The Hall–Kier alpha value is -4.37. The van der Waals surface area contributed by atoms with Gasteiger partial charge in [0.05, 0.1) is 17.6 Å². The number of hydrogen-bond donors (Lipinski definition) is 3. The number of benzene rings is 2.